The van der Waals surface area contributed by atoms with Gasteiger partial charge in [0.2, 0.25) is 0 Å². The van der Waals surface area contributed by atoms with Crippen LogP contribution in [0.3, 0.4) is 0 Å². The number of halogens is 2. The van der Waals surface area contributed by atoms with Gasteiger partial charge in [0, 0.05) is 48.3 Å². The molecule has 4 nitrogen and oxygen atoms in total. The minimum absolute atomic E-state index is 0.225. The molecule has 0 atom stereocenters. The number of rotatable bonds is 4. The molecule has 126 valence electrons. The van der Waals surface area contributed by atoms with E-state index in [0.29, 0.717) is 0 Å². The average molecular weight is 454 g/mol. The van der Waals surface area contributed by atoms with Crippen LogP contribution in [-0.4, -0.2) is 34.2 Å². The van der Waals surface area contributed by atoms with Crippen molar-refractivity contribution in [2.24, 2.45) is 0 Å². The first-order chi connectivity index (χ1) is 11.3. The van der Waals surface area contributed by atoms with Crippen LogP contribution < -0.4 is 9.80 Å². The summed E-state index contributed by atoms with van der Waals surface area (Å²) in [6.07, 6.45) is 0. The zero-order valence-electron chi connectivity index (χ0n) is 13.9. The minimum Gasteiger partial charge on any atom is -0.433 e. The van der Waals surface area contributed by atoms with Crippen LogP contribution in [-0.2, 0) is 15.1 Å². The number of ether oxygens (including phenoxy) is 1. The van der Waals surface area contributed by atoms with E-state index in [2.05, 4.69) is 31.9 Å². The van der Waals surface area contributed by atoms with Crippen LogP contribution in [0.2, 0.25) is 0 Å². The summed E-state index contributed by atoms with van der Waals surface area (Å²) < 4.78 is 7.33. The van der Waals surface area contributed by atoms with Crippen LogP contribution in [0.15, 0.2) is 45.3 Å². The highest BCUT2D eigenvalue weighted by Gasteiger charge is 2.61. The Bertz CT molecular complexity index is 761. The highest BCUT2D eigenvalue weighted by molar-refractivity contribution is 9.11. The summed E-state index contributed by atoms with van der Waals surface area (Å²) in [6, 6.07) is 11.8. The van der Waals surface area contributed by atoms with Gasteiger partial charge in [-0.3, -0.25) is 0 Å². The first-order valence-electron chi connectivity index (χ1n) is 7.45. The molecule has 3 rings (SSSR count). The fourth-order valence-corrected chi connectivity index (χ4v) is 4.28. The molecule has 2 aromatic carbocycles. The van der Waals surface area contributed by atoms with Crippen molar-refractivity contribution in [3.63, 3.8) is 0 Å². The van der Waals surface area contributed by atoms with E-state index >= 15 is 0 Å². The Morgan fingerprint density at radius 1 is 0.833 bits per heavy atom. The Hall–Kier alpha value is -1.53. The van der Waals surface area contributed by atoms with Crippen molar-refractivity contribution in [2.45, 2.75) is 5.60 Å². The average Bonchev–Trinajstić information content (AvgIpc) is 3.19. The van der Waals surface area contributed by atoms with Crippen LogP contribution in [0.4, 0.5) is 11.4 Å². The number of nitrogens with zero attached hydrogens (tertiary/aromatic N) is 2. The normalized spacial score (nSPS) is 15.0. The Labute approximate surface area is 158 Å². The van der Waals surface area contributed by atoms with Crippen LogP contribution in [0.25, 0.3) is 0 Å². The number of cyclic esters (lactones) is 1. The lowest BCUT2D eigenvalue weighted by Gasteiger charge is -2.19. The second-order valence-electron chi connectivity index (χ2n) is 6.19. The maximum Gasteiger partial charge on any atom is 0.362 e. The number of carbonyl (C=O) groups is 1. The Balaban J connectivity index is 2.07. The molecule has 0 spiro atoms. The SMILES string of the molecule is CN(C)c1ccc(C2(c3ccc(N(C)C)c(Br)c3)OC2=O)cc1Br. The summed E-state index contributed by atoms with van der Waals surface area (Å²) in [5.41, 5.74) is 2.75. The summed E-state index contributed by atoms with van der Waals surface area (Å²) in [6.45, 7) is 0. The molecule has 0 saturated carbocycles. The van der Waals surface area contributed by atoms with Gasteiger partial charge in [0.15, 0.2) is 0 Å². The lowest BCUT2D eigenvalue weighted by molar-refractivity contribution is -0.117. The maximum absolute atomic E-state index is 12.2. The molecule has 0 unspecified atom stereocenters. The number of epoxide rings is 1. The van der Waals surface area contributed by atoms with E-state index < -0.39 is 5.60 Å². The second-order valence-corrected chi connectivity index (χ2v) is 7.90. The highest BCUT2D eigenvalue weighted by atomic mass is 79.9. The van der Waals surface area contributed by atoms with Gasteiger partial charge in [-0.15, -0.1) is 0 Å². The first kappa shape index (κ1) is 17.3. The molecule has 2 aromatic rings. The van der Waals surface area contributed by atoms with E-state index in [4.69, 9.17) is 4.74 Å². The van der Waals surface area contributed by atoms with E-state index in [1.165, 1.54) is 0 Å². The van der Waals surface area contributed by atoms with Gasteiger partial charge in [0.1, 0.15) is 0 Å². The fraction of sp³-hybridized carbons (Fsp3) is 0.278. The van der Waals surface area contributed by atoms with Crippen molar-refractivity contribution in [1.82, 2.24) is 0 Å². The summed E-state index contributed by atoms with van der Waals surface area (Å²) in [5, 5.41) is 0. The van der Waals surface area contributed by atoms with E-state index in [1.54, 1.807) is 0 Å². The molecule has 0 bridgehead atoms. The second kappa shape index (κ2) is 6.08. The molecule has 0 aromatic heterocycles. The summed E-state index contributed by atoms with van der Waals surface area (Å²) >= 11 is 7.16. The zero-order valence-corrected chi connectivity index (χ0v) is 17.1. The van der Waals surface area contributed by atoms with Crippen molar-refractivity contribution in [3.8, 4) is 0 Å². The standard InChI is InChI=1S/C18H18Br2N2O2/c1-21(2)15-7-5-11(9-13(15)19)18(17(23)24-18)12-6-8-16(22(3)4)14(20)10-12/h5-10H,1-4H3. The van der Waals surface area contributed by atoms with Gasteiger partial charge in [0.25, 0.3) is 5.60 Å². The molecule has 1 fully saturated rings. The van der Waals surface area contributed by atoms with Gasteiger partial charge < -0.3 is 14.5 Å². The van der Waals surface area contributed by atoms with Crippen molar-refractivity contribution < 1.29 is 9.53 Å². The molecule has 24 heavy (non-hydrogen) atoms. The van der Waals surface area contributed by atoms with Gasteiger partial charge in [-0.2, -0.15) is 0 Å². The van der Waals surface area contributed by atoms with Crippen LogP contribution in [0.5, 0.6) is 0 Å². The molecule has 6 heteroatoms. The molecule has 1 aliphatic rings. The van der Waals surface area contributed by atoms with E-state index in [9.17, 15) is 4.79 Å². The number of hydrogen-bond donors (Lipinski definition) is 0. The highest BCUT2D eigenvalue weighted by Crippen LogP contribution is 2.49. The Morgan fingerprint density at radius 3 is 1.46 bits per heavy atom. The van der Waals surface area contributed by atoms with Gasteiger partial charge in [-0.1, -0.05) is 12.1 Å². The first-order valence-corrected chi connectivity index (χ1v) is 9.04. The van der Waals surface area contributed by atoms with Crippen LogP contribution in [0, 0.1) is 0 Å². The number of hydrogen-bond acceptors (Lipinski definition) is 4. The van der Waals surface area contributed by atoms with Crippen molar-refractivity contribution in [1.29, 1.82) is 0 Å². The van der Waals surface area contributed by atoms with E-state index in [1.807, 2.05) is 74.4 Å². The van der Waals surface area contributed by atoms with Gasteiger partial charge in [0.05, 0.1) is 11.4 Å². The molecule has 1 heterocycles. The lowest BCUT2D eigenvalue weighted by Crippen LogP contribution is -2.16. The van der Waals surface area contributed by atoms with E-state index in [0.717, 1.165) is 31.4 Å². The monoisotopic (exact) mass is 452 g/mol. The lowest BCUT2D eigenvalue weighted by atomic mass is 9.91. The molecule has 1 aliphatic heterocycles. The Morgan fingerprint density at radius 2 is 1.21 bits per heavy atom. The summed E-state index contributed by atoms with van der Waals surface area (Å²) in [4.78, 5) is 16.2. The molecule has 0 amide bonds. The summed E-state index contributed by atoms with van der Waals surface area (Å²) in [7, 11) is 7.91. The van der Waals surface area contributed by atoms with Crippen LogP contribution in [0.1, 0.15) is 11.1 Å². The molecule has 0 N–H and O–H groups in total. The molecule has 0 aliphatic carbocycles. The number of carbonyl (C=O) groups excluding carboxylic acids is 1. The predicted octanol–water partition coefficient (Wildman–Crippen LogP) is 4.14. The maximum atomic E-state index is 12.2. The zero-order chi connectivity index (χ0) is 17.6. The van der Waals surface area contributed by atoms with E-state index in [-0.39, 0.29) is 5.97 Å². The van der Waals surface area contributed by atoms with Gasteiger partial charge >= 0.3 is 5.97 Å². The molecular weight excluding hydrogens is 436 g/mol. The molecule has 0 radical (unpaired) electrons. The Kier molecular flexibility index (Phi) is 4.38. The molecular formula is C18H18Br2N2O2. The van der Waals surface area contributed by atoms with Gasteiger partial charge in [-0.25, -0.2) is 4.79 Å². The third-order valence-corrected chi connectivity index (χ3v) is 5.43. The third kappa shape index (κ3) is 2.71. The van der Waals surface area contributed by atoms with Crippen molar-refractivity contribution >= 4 is 49.2 Å². The fourth-order valence-electron chi connectivity index (χ4n) is 2.81. The number of benzene rings is 2. The largest absolute Gasteiger partial charge is 0.433 e. The number of anilines is 2. The van der Waals surface area contributed by atoms with Crippen molar-refractivity contribution in [3.05, 3.63) is 56.5 Å². The molecule has 1 saturated heterocycles. The predicted molar refractivity (Wildman–Crippen MR) is 104 cm³/mol. The minimum atomic E-state index is -0.999. The van der Waals surface area contributed by atoms with Gasteiger partial charge in [-0.05, 0) is 56.1 Å². The third-order valence-electron chi connectivity index (χ3n) is 4.16. The quantitative estimate of drug-likeness (QED) is 0.651. The summed E-state index contributed by atoms with van der Waals surface area (Å²) in [5.74, 6) is -0.225. The smallest absolute Gasteiger partial charge is 0.362 e. The van der Waals surface area contributed by atoms with Crippen molar-refractivity contribution in [2.75, 3.05) is 38.0 Å². The topological polar surface area (TPSA) is 36.1 Å². The van der Waals surface area contributed by atoms with Crippen LogP contribution >= 0.6 is 31.9 Å².